The molecule has 330 valence electrons. The van der Waals surface area contributed by atoms with Gasteiger partial charge in [0.05, 0.1) is 25.7 Å². The summed E-state index contributed by atoms with van der Waals surface area (Å²) in [7, 11) is -4.12. The molecule has 6 bridgehead atoms. The molecule has 13 heteroatoms. The van der Waals surface area contributed by atoms with Crippen LogP contribution in [0.5, 0.6) is 0 Å². The lowest BCUT2D eigenvalue weighted by Gasteiger charge is -2.44. The molecule has 6 heterocycles. The van der Waals surface area contributed by atoms with E-state index in [1.807, 2.05) is 0 Å². The van der Waals surface area contributed by atoms with Crippen molar-refractivity contribution >= 4 is 60.5 Å². The highest BCUT2D eigenvalue weighted by molar-refractivity contribution is 6.68. The van der Waals surface area contributed by atoms with E-state index in [1.54, 1.807) is 12.5 Å². The van der Waals surface area contributed by atoms with Crippen molar-refractivity contribution in [3.8, 4) is 0 Å². The minimum atomic E-state index is -4.12. The van der Waals surface area contributed by atoms with E-state index >= 15 is 0 Å². The quantitative estimate of drug-likeness (QED) is 0.112. The molecular formula is C52H54N8O4Si. The Kier molecular flexibility index (Phi) is 10.4. The summed E-state index contributed by atoms with van der Waals surface area (Å²) in [6.07, 6.45) is 17.2. The molecule has 1 atom stereocenters. The number of ether oxygens (including phenoxy) is 2. The van der Waals surface area contributed by atoms with Gasteiger partial charge in [-0.15, -0.1) is 0 Å². The van der Waals surface area contributed by atoms with Crippen molar-refractivity contribution < 1.29 is 18.3 Å². The van der Waals surface area contributed by atoms with Crippen LogP contribution in [0.4, 0.5) is 11.6 Å². The van der Waals surface area contributed by atoms with Gasteiger partial charge < -0.3 is 23.6 Å². The summed E-state index contributed by atoms with van der Waals surface area (Å²) < 4.78 is 32.1. The molecule has 0 radical (unpaired) electrons. The topological polar surface area (TPSA) is 119 Å². The van der Waals surface area contributed by atoms with Crippen LogP contribution in [0.2, 0.25) is 0 Å². The average molecular weight is 883 g/mol. The highest BCUT2D eigenvalue weighted by Crippen LogP contribution is 2.49. The predicted octanol–water partition coefficient (Wildman–Crippen LogP) is 10.2. The van der Waals surface area contributed by atoms with Crippen LogP contribution in [-0.4, -0.2) is 73.3 Å². The molecule has 3 aliphatic carbocycles. The fraction of sp³-hybridized carbons (Fsp3) is 0.365. The molecule has 2 fully saturated rings. The highest BCUT2D eigenvalue weighted by Gasteiger charge is 2.61. The average Bonchev–Trinajstić information content (AvgIpc) is 4.07. The maximum atomic E-state index is 8.01. The lowest BCUT2D eigenvalue weighted by atomic mass is 9.83. The molecular weight excluding hydrogens is 829 g/mol. The van der Waals surface area contributed by atoms with E-state index < -0.39 is 15.0 Å². The molecule has 8 aliphatic rings. The summed E-state index contributed by atoms with van der Waals surface area (Å²) >= 11 is 0. The first-order chi connectivity index (χ1) is 32.1. The third kappa shape index (κ3) is 6.89. The van der Waals surface area contributed by atoms with Crippen LogP contribution >= 0.6 is 0 Å². The van der Waals surface area contributed by atoms with Gasteiger partial charge in [-0.1, -0.05) is 98.1 Å². The van der Waals surface area contributed by atoms with Gasteiger partial charge in [0, 0.05) is 57.4 Å². The molecule has 1 unspecified atom stereocenters. The van der Waals surface area contributed by atoms with Crippen LogP contribution in [0.25, 0.3) is 10.8 Å². The normalized spacial score (nSPS) is 29.4. The van der Waals surface area contributed by atoms with E-state index in [4.69, 9.17) is 43.3 Å². The zero-order chi connectivity index (χ0) is 43.5. The van der Waals surface area contributed by atoms with E-state index in [0.717, 1.165) is 126 Å². The number of hydrogen-bond donors (Lipinski definition) is 1. The number of fused-ring (bicyclic) bond motifs is 13. The van der Waals surface area contributed by atoms with Gasteiger partial charge in [0.2, 0.25) is 0 Å². The Hall–Kier alpha value is -6.15. The minimum absolute atomic E-state index is 0.308. The number of nitrogens with one attached hydrogen (secondary N) is 1. The molecule has 12 nitrogen and oxygen atoms in total. The number of rotatable bonds is 12. The Bertz CT molecular complexity index is 2780. The molecule has 1 aromatic heterocycles. The number of aromatic nitrogens is 1. The second-order valence-corrected chi connectivity index (χ2v) is 21.2. The van der Waals surface area contributed by atoms with Gasteiger partial charge >= 0.3 is 8.88 Å². The smallest absolute Gasteiger partial charge is 0.502 e. The lowest BCUT2D eigenvalue weighted by Crippen LogP contribution is -2.67. The van der Waals surface area contributed by atoms with Crippen molar-refractivity contribution in [2.45, 2.75) is 70.4 Å². The van der Waals surface area contributed by atoms with Gasteiger partial charge in [-0.2, -0.15) is 0 Å². The second kappa shape index (κ2) is 16.7. The first-order valence-electron chi connectivity index (χ1n) is 23.6. The fourth-order valence-electron chi connectivity index (χ4n) is 11.2. The molecule has 1 N–H and O–H groups in total. The second-order valence-electron chi connectivity index (χ2n) is 18.6. The number of nitrogens with zero attached hydrogens (tertiary/aromatic N) is 7. The van der Waals surface area contributed by atoms with E-state index in [9.17, 15) is 0 Å². The zero-order valence-electron chi connectivity index (χ0n) is 36.7. The van der Waals surface area contributed by atoms with Crippen molar-refractivity contribution in [3.05, 3.63) is 144 Å². The first kappa shape index (κ1) is 40.4. The van der Waals surface area contributed by atoms with Crippen LogP contribution in [0.15, 0.2) is 147 Å². The van der Waals surface area contributed by atoms with Crippen molar-refractivity contribution in [2.75, 3.05) is 26.4 Å². The largest absolute Gasteiger partial charge is 0.599 e. The van der Waals surface area contributed by atoms with Crippen molar-refractivity contribution in [3.63, 3.8) is 0 Å². The summed E-state index contributed by atoms with van der Waals surface area (Å²) in [6.45, 7) is 9.99. The number of benzene rings is 3. The Labute approximate surface area is 381 Å². The summed E-state index contributed by atoms with van der Waals surface area (Å²) in [4.78, 5) is 27.7. The molecule has 3 aromatic carbocycles. The SMILES string of the molecule is C=COCC1CCC(CO[Si]2(OCC3CCC(COC=C)CC3)N3/C4=N\C5=NC(=N\c6c7ccccc7c(n62)/N=C2\N=C(NC3c3ccccc34)c3ccccc32)/C2=C5C=CCC2)CC1. The number of amidine groups is 5. The Balaban J connectivity index is 1.11. The van der Waals surface area contributed by atoms with Gasteiger partial charge in [-0.3, -0.25) is 8.80 Å². The summed E-state index contributed by atoms with van der Waals surface area (Å²) in [5, 5.41) is 5.92. The zero-order valence-corrected chi connectivity index (χ0v) is 37.7. The van der Waals surface area contributed by atoms with E-state index in [1.165, 1.54) is 0 Å². The maximum absolute atomic E-state index is 8.01. The van der Waals surface area contributed by atoms with Crippen LogP contribution in [0.3, 0.4) is 0 Å². The van der Waals surface area contributed by atoms with E-state index in [-0.39, 0.29) is 0 Å². The van der Waals surface area contributed by atoms with Crippen LogP contribution in [-0.2, 0) is 18.3 Å². The number of allylic oxidation sites excluding steroid dienone is 1. The van der Waals surface area contributed by atoms with Gasteiger partial charge in [0.15, 0.2) is 17.5 Å². The van der Waals surface area contributed by atoms with Crippen LogP contribution in [0.1, 0.15) is 92.6 Å². The predicted molar refractivity (Wildman–Crippen MR) is 258 cm³/mol. The van der Waals surface area contributed by atoms with Crippen molar-refractivity contribution in [1.29, 1.82) is 0 Å². The van der Waals surface area contributed by atoms with Crippen LogP contribution in [0, 0.1) is 23.7 Å². The lowest BCUT2D eigenvalue weighted by molar-refractivity contribution is 0.0544. The minimum Gasteiger partial charge on any atom is -0.502 e. The molecule has 0 spiro atoms. The summed E-state index contributed by atoms with van der Waals surface area (Å²) in [5.41, 5.74) is 6.16. The summed E-state index contributed by atoms with van der Waals surface area (Å²) in [5.74, 6) is 6.55. The molecule has 12 rings (SSSR count). The molecule has 2 saturated carbocycles. The van der Waals surface area contributed by atoms with Crippen molar-refractivity contribution in [1.82, 2.24) is 14.1 Å². The van der Waals surface area contributed by atoms with Crippen molar-refractivity contribution in [2.24, 2.45) is 48.6 Å². The molecule has 0 amide bonds. The van der Waals surface area contributed by atoms with Gasteiger partial charge in [0.25, 0.3) is 0 Å². The van der Waals surface area contributed by atoms with Crippen LogP contribution < -0.4 is 5.32 Å². The first-order valence-corrected chi connectivity index (χ1v) is 25.3. The highest BCUT2D eigenvalue weighted by atomic mass is 28.4. The van der Waals surface area contributed by atoms with Gasteiger partial charge in [-0.25, -0.2) is 25.0 Å². The Morgan fingerprint density at radius 1 is 0.615 bits per heavy atom. The van der Waals surface area contributed by atoms with Gasteiger partial charge in [-0.05, 0) is 87.9 Å². The van der Waals surface area contributed by atoms with E-state index in [0.29, 0.717) is 73.4 Å². The monoisotopic (exact) mass is 882 g/mol. The number of aliphatic imine (C=N–C) groups is 5. The number of hydrogen-bond acceptors (Lipinski definition) is 11. The Morgan fingerprint density at radius 2 is 1.18 bits per heavy atom. The Morgan fingerprint density at radius 3 is 1.83 bits per heavy atom. The standard InChI is InChI=1S/C52H54N8O4Si/c1-3-61-29-33-21-25-35(26-22-33)31-63-65(64-32-36-27-23-34(24-28-36)30-62-4-2)59-49-41-17-9-10-18-42(41)51(59)57-47-39-15-7-8-16-40(39)48(54-47)58-52-44-20-12-11-19-43(44)50(60(52)65)56-46-38-14-6-5-13-37(38)45(53-46)55-49/h3-7,9-15,17-20,33-36,49H,1-2,8,16,21-32H2,(H,53,55,56)/b57-51-,58-48-. The van der Waals surface area contributed by atoms with Gasteiger partial charge in [0.1, 0.15) is 29.5 Å². The molecule has 4 aromatic rings. The third-order valence-corrected chi connectivity index (χ3v) is 17.8. The molecule has 0 saturated heterocycles. The van der Waals surface area contributed by atoms with E-state index in [2.05, 4.69) is 112 Å². The fourth-order valence-corrected chi connectivity index (χ4v) is 14.8. The summed E-state index contributed by atoms with van der Waals surface area (Å²) in [6, 6.07) is 25.5. The third-order valence-electron chi connectivity index (χ3n) is 14.7. The molecule has 65 heavy (non-hydrogen) atoms. The maximum Gasteiger partial charge on any atom is 0.599 e. The molecule has 5 aliphatic heterocycles.